The monoisotopic (exact) mass is 524 g/mol. The first-order valence-electron chi connectivity index (χ1n) is 8.78. The number of imidazole rings is 1. The zero-order valence-corrected chi connectivity index (χ0v) is 19.4. The van der Waals surface area contributed by atoms with Crippen molar-refractivity contribution in [3.8, 4) is 0 Å². The van der Waals surface area contributed by atoms with E-state index < -0.39 is 33.2 Å². The lowest BCUT2D eigenvalue weighted by molar-refractivity contribution is -0.384. The largest absolute Gasteiger partial charge is 0.468 e. The highest BCUT2D eigenvalue weighted by molar-refractivity contribution is 6.35. The maximum atomic E-state index is 13.2. The molecule has 0 aliphatic carbocycles. The zero-order chi connectivity index (χ0) is 24.0. The Labute approximate surface area is 202 Å². The van der Waals surface area contributed by atoms with Gasteiger partial charge in [0, 0.05) is 6.07 Å². The molecule has 0 atom stereocenters. The molecular formula is C19H17Cl3F2N4O5. The van der Waals surface area contributed by atoms with Crippen LogP contribution < -0.4 is 5.32 Å². The predicted molar refractivity (Wildman–Crippen MR) is 121 cm³/mol. The number of nitrogens with zero attached hydrogens (tertiary/aromatic N) is 3. The summed E-state index contributed by atoms with van der Waals surface area (Å²) in [6.07, 6.45) is 1.48. The van der Waals surface area contributed by atoms with Gasteiger partial charge in [-0.1, -0.05) is 23.2 Å². The van der Waals surface area contributed by atoms with Crippen LogP contribution in [0.4, 0.5) is 20.2 Å². The van der Waals surface area contributed by atoms with E-state index in [2.05, 4.69) is 15.0 Å². The first kappa shape index (κ1) is 28.0. The van der Waals surface area contributed by atoms with Crippen molar-refractivity contribution >= 4 is 69.8 Å². The van der Waals surface area contributed by atoms with Gasteiger partial charge in [-0.15, -0.1) is 12.4 Å². The van der Waals surface area contributed by atoms with Gasteiger partial charge in [-0.25, -0.2) is 13.8 Å². The van der Waals surface area contributed by atoms with Crippen LogP contribution in [0.1, 0.15) is 6.92 Å². The number of fused-ring (bicyclic) bond motifs is 1. The smallest absolute Gasteiger partial charge is 0.325 e. The van der Waals surface area contributed by atoms with E-state index in [0.29, 0.717) is 11.0 Å². The van der Waals surface area contributed by atoms with E-state index in [1.165, 1.54) is 25.4 Å². The quantitative estimate of drug-likeness (QED) is 0.279. The Balaban J connectivity index is 0.000000322. The Hall–Kier alpha value is -3.02. The third-order valence-electron chi connectivity index (χ3n) is 3.97. The minimum absolute atomic E-state index is 0. The molecule has 3 rings (SSSR count). The summed E-state index contributed by atoms with van der Waals surface area (Å²) in [5.41, 5.74) is 0.386. The van der Waals surface area contributed by atoms with E-state index >= 15 is 0 Å². The van der Waals surface area contributed by atoms with Crippen molar-refractivity contribution < 1.29 is 28.0 Å². The number of nitro benzene ring substituents is 1. The van der Waals surface area contributed by atoms with Crippen molar-refractivity contribution in [1.29, 1.82) is 0 Å². The molecule has 3 aromatic rings. The third-order valence-corrected chi connectivity index (χ3v) is 4.70. The maximum Gasteiger partial charge on any atom is 0.325 e. The number of ether oxygens (including phenoxy) is 1. The van der Waals surface area contributed by atoms with Gasteiger partial charge in [0.1, 0.15) is 39.7 Å². The summed E-state index contributed by atoms with van der Waals surface area (Å²) in [4.78, 5) is 35.8. The number of benzene rings is 2. The van der Waals surface area contributed by atoms with Gasteiger partial charge < -0.3 is 14.6 Å². The fourth-order valence-electron chi connectivity index (χ4n) is 2.55. The van der Waals surface area contributed by atoms with Crippen molar-refractivity contribution in [3.05, 3.63) is 62.4 Å². The van der Waals surface area contributed by atoms with Gasteiger partial charge in [0.05, 0.1) is 35.9 Å². The highest BCUT2D eigenvalue weighted by Crippen LogP contribution is 2.34. The molecule has 9 nitrogen and oxygen atoms in total. The summed E-state index contributed by atoms with van der Waals surface area (Å²) in [5, 5.41) is 12.6. The van der Waals surface area contributed by atoms with E-state index in [4.69, 9.17) is 23.2 Å². The summed E-state index contributed by atoms with van der Waals surface area (Å²) in [6, 6.07) is 4.63. The van der Waals surface area contributed by atoms with Crippen LogP contribution in [0, 0.1) is 21.7 Å². The topological polar surface area (TPSA) is 116 Å². The van der Waals surface area contributed by atoms with Crippen LogP contribution in [0.3, 0.4) is 0 Å². The van der Waals surface area contributed by atoms with Crippen LogP contribution in [-0.2, 0) is 20.9 Å². The zero-order valence-electron chi connectivity index (χ0n) is 17.1. The molecule has 178 valence electrons. The highest BCUT2D eigenvalue weighted by Gasteiger charge is 2.20. The van der Waals surface area contributed by atoms with Crippen molar-refractivity contribution in [2.75, 3.05) is 19.0 Å². The number of ketones is 1. The van der Waals surface area contributed by atoms with Gasteiger partial charge >= 0.3 is 5.97 Å². The number of hydrogen-bond donors (Lipinski definition) is 1. The Morgan fingerprint density at radius 3 is 2.36 bits per heavy atom. The maximum absolute atomic E-state index is 13.2. The van der Waals surface area contributed by atoms with Crippen LogP contribution in [-0.4, -0.2) is 39.9 Å². The lowest BCUT2D eigenvalue weighted by Crippen LogP contribution is -2.16. The number of carbonyl (C=O) groups excluding carboxylic acids is 2. The normalized spacial score (nSPS) is 10.0. The number of esters is 1. The summed E-state index contributed by atoms with van der Waals surface area (Å²) < 4.78 is 32.2. The average molecular weight is 526 g/mol. The Morgan fingerprint density at radius 2 is 1.79 bits per heavy atom. The molecule has 1 aromatic heterocycles. The second-order valence-corrected chi connectivity index (χ2v) is 7.00. The fourth-order valence-corrected chi connectivity index (χ4v) is 3.05. The van der Waals surface area contributed by atoms with E-state index in [-0.39, 0.29) is 42.0 Å². The molecule has 0 radical (unpaired) electrons. The minimum atomic E-state index is -0.815. The number of nitrogens with one attached hydrogen (secondary N) is 1. The molecule has 1 N–H and O–H groups in total. The molecule has 0 aliphatic rings. The van der Waals surface area contributed by atoms with Crippen molar-refractivity contribution in [2.24, 2.45) is 0 Å². The van der Waals surface area contributed by atoms with Crippen LogP contribution in [0.5, 0.6) is 0 Å². The van der Waals surface area contributed by atoms with E-state index in [1.807, 2.05) is 0 Å². The van der Waals surface area contributed by atoms with Crippen molar-refractivity contribution in [1.82, 2.24) is 9.55 Å². The lowest BCUT2D eigenvalue weighted by atomic mass is 10.2. The second-order valence-electron chi connectivity index (χ2n) is 6.25. The third kappa shape index (κ3) is 6.98. The molecule has 0 amide bonds. The summed E-state index contributed by atoms with van der Waals surface area (Å²) in [5.74, 6) is -2.01. The molecule has 0 saturated heterocycles. The van der Waals surface area contributed by atoms with Gasteiger partial charge in [-0.05, 0) is 25.1 Å². The van der Waals surface area contributed by atoms with Gasteiger partial charge in [-0.3, -0.25) is 19.7 Å². The number of methoxy groups -OCH3 is 1. The summed E-state index contributed by atoms with van der Waals surface area (Å²) >= 11 is 11.4. The number of hydrogen-bond acceptors (Lipinski definition) is 7. The molecule has 2 aromatic carbocycles. The second kappa shape index (κ2) is 12.3. The molecule has 0 aliphatic heterocycles. The fraction of sp³-hybridized carbons (Fsp3) is 0.211. The lowest BCUT2D eigenvalue weighted by Gasteiger charge is -2.08. The summed E-state index contributed by atoms with van der Waals surface area (Å²) in [6.45, 7) is 1.26. The predicted octanol–water partition coefficient (Wildman–Crippen LogP) is 4.81. The molecule has 14 heteroatoms. The van der Waals surface area contributed by atoms with E-state index in [9.17, 15) is 28.5 Å². The Kier molecular flexibility index (Phi) is 10.4. The molecule has 0 bridgehead atoms. The molecule has 1 heterocycles. The van der Waals surface area contributed by atoms with E-state index in [1.54, 1.807) is 4.57 Å². The SMILES string of the molecule is CC(=O)Cn1cnc2ccc(F)c(Cl)c21.COC(=O)CNc1c([N+](=O)[O-])ccc(F)c1Cl.Cl. The van der Waals surface area contributed by atoms with Crippen LogP contribution in [0.2, 0.25) is 10.0 Å². The van der Waals surface area contributed by atoms with E-state index in [0.717, 1.165) is 19.2 Å². The number of halogens is 5. The molecule has 0 spiro atoms. The number of carbonyl (C=O) groups is 2. The minimum Gasteiger partial charge on any atom is -0.468 e. The standard InChI is InChI=1S/C10H8ClFN2O.C9H8ClFN2O4.ClH/c1-6(15)4-14-5-13-8-3-2-7(12)9(11)10(8)14;1-17-7(14)4-12-9-6(13(15)16)3-2-5(11)8(9)10;/h2-3,5H,4H2,1H3;2-3,12H,4H2,1H3;1H. The van der Waals surface area contributed by atoms with Gasteiger partial charge in [0.15, 0.2) is 0 Å². The Bertz CT molecular complexity index is 1190. The first-order valence-corrected chi connectivity index (χ1v) is 9.53. The number of nitro groups is 1. The van der Waals surface area contributed by atoms with Gasteiger partial charge in [-0.2, -0.15) is 0 Å². The molecule has 33 heavy (non-hydrogen) atoms. The number of anilines is 1. The molecule has 0 saturated carbocycles. The molecule has 0 unspecified atom stereocenters. The number of rotatable bonds is 6. The van der Waals surface area contributed by atoms with Crippen LogP contribution >= 0.6 is 35.6 Å². The summed E-state index contributed by atoms with van der Waals surface area (Å²) in [7, 11) is 1.16. The van der Waals surface area contributed by atoms with Crippen LogP contribution in [0.15, 0.2) is 30.6 Å². The average Bonchev–Trinajstić information content (AvgIpc) is 3.14. The molecule has 0 fully saturated rings. The first-order chi connectivity index (χ1) is 15.1. The highest BCUT2D eigenvalue weighted by atomic mass is 35.5. The van der Waals surface area contributed by atoms with Gasteiger partial charge in [0.2, 0.25) is 0 Å². The van der Waals surface area contributed by atoms with Gasteiger partial charge in [0.25, 0.3) is 5.69 Å². The van der Waals surface area contributed by atoms with Crippen LogP contribution in [0.25, 0.3) is 11.0 Å². The molecular weight excluding hydrogens is 509 g/mol. The van der Waals surface area contributed by atoms with Crippen molar-refractivity contribution in [3.63, 3.8) is 0 Å². The van der Waals surface area contributed by atoms with Crippen molar-refractivity contribution in [2.45, 2.75) is 13.5 Å². The Morgan fingerprint density at radius 1 is 1.18 bits per heavy atom. The number of aromatic nitrogens is 2. The number of Topliss-reactive ketones (excluding diaryl/α,β-unsaturated/α-hetero) is 1.